The summed E-state index contributed by atoms with van der Waals surface area (Å²) in [5.41, 5.74) is 0.854. The van der Waals surface area contributed by atoms with E-state index in [4.69, 9.17) is 0 Å². The minimum absolute atomic E-state index is 0.0686. The molecule has 0 atom stereocenters. The molecule has 0 aliphatic heterocycles. The number of carbonyl (C=O) groups is 1. The summed E-state index contributed by atoms with van der Waals surface area (Å²) in [6.07, 6.45) is 7.72. The molecule has 1 aliphatic rings. The van der Waals surface area contributed by atoms with Crippen LogP contribution in [0.3, 0.4) is 0 Å². The third kappa shape index (κ3) is 4.91. The molecule has 1 fully saturated rings. The first-order valence-electron chi connectivity index (χ1n) is 7.41. The number of nitrogens with one attached hydrogen (secondary N) is 1. The van der Waals surface area contributed by atoms with Gasteiger partial charge >= 0.3 is 0 Å². The van der Waals surface area contributed by atoms with E-state index in [1.807, 2.05) is 24.3 Å². The van der Waals surface area contributed by atoms with Crippen LogP contribution in [-0.4, -0.2) is 30.4 Å². The monoisotopic (exact) mass is 338 g/mol. The van der Waals surface area contributed by atoms with Crippen LogP contribution in [0.5, 0.6) is 0 Å². The van der Waals surface area contributed by atoms with Crippen molar-refractivity contribution >= 4 is 27.5 Å². The number of likely N-dealkylation sites (N-methyl/N-ethyl adjacent to an activating group) is 1. The number of carbonyl (C=O) groups excluding carboxylic acids is 1. The highest BCUT2D eigenvalue weighted by atomic mass is 79.9. The zero-order valence-corrected chi connectivity index (χ0v) is 13.7. The van der Waals surface area contributed by atoms with E-state index in [-0.39, 0.29) is 5.91 Å². The van der Waals surface area contributed by atoms with Crippen molar-refractivity contribution in [1.29, 1.82) is 0 Å². The Balaban J connectivity index is 1.82. The summed E-state index contributed by atoms with van der Waals surface area (Å²) in [6, 6.07) is 8.25. The fourth-order valence-electron chi connectivity index (χ4n) is 2.79. The van der Waals surface area contributed by atoms with Crippen molar-refractivity contribution in [2.24, 2.45) is 0 Å². The lowest BCUT2D eigenvalue weighted by Gasteiger charge is -2.26. The number of hydrogen-bond donors (Lipinski definition) is 1. The zero-order chi connectivity index (χ0) is 14.4. The molecule has 1 aliphatic carbocycles. The van der Waals surface area contributed by atoms with E-state index in [1.165, 1.54) is 38.5 Å². The fraction of sp³-hybridized carbons (Fsp3) is 0.562. The normalized spacial score (nSPS) is 16.9. The van der Waals surface area contributed by atoms with Crippen molar-refractivity contribution in [1.82, 2.24) is 4.90 Å². The van der Waals surface area contributed by atoms with Gasteiger partial charge in [-0.05, 0) is 44.2 Å². The van der Waals surface area contributed by atoms with Crippen molar-refractivity contribution in [3.63, 3.8) is 0 Å². The molecule has 4 heteroatoms. The van der Waals surface area contributed by atoms with Crippen molar-refractivity contribution in [3.05, 3.63) is 28.7 Å². The van der Waals surface area contributed by atoms with E-state index in [2.05, 4.69) is 33.2 Å². The lowest BCUT2D eigenvalue weighted by molar-refractivity contribution is -0.117. The topological polar surface area (TPSA) is 32.3 Å². The van der Waals surface area contributed by atoms with Crippen molar-refractivity contribution in [3.8, 4) is 0 Å². The Labute approximate surface area is 129 Å². The van der Waals surface area contributed by atoms with Gasteiger partial charge in [-0.1, -0.05) is 41.6 Å². The van der Waals surface area contributed by atoms with Crippen molar-refractivity contribution < 1.29 is 4.79 Å². The van der Waals surface area contributed by atoms with Gasteiger partial charge in [0.15, 0.2) is 0 Å². The fourth-order valence-corrected chi connectivity index (χ4v) is 3.05. The second-order valence-corrected chi connectivity index (χ2v) is 6.53. The molecule has 1 aromatic rings. The van der Waals surface area contributed by atoms with Gasteiger partial charge in [0, 0.05) is 16.2 Å². The highest BCUT2D eigenvalue weighted by Gasteiger charge is 2.18. The van der Waals surface area contributed by atoms with E-state index in [1.54, 1.807) is 0 Å². The minimum atomic E-state index is 0.0686. The van der Waals surface area contributed by atoms with Gasteiger partial charge in [0.05, 0.1) is 6.54 Å². The van der Waals surface area contributed by atoms with Crippen LogP contribution in [-0.2, 0) is 4.79 Å². The smallest absolute Gasteiger partial charge is 0.238 e. The Hall–Kier alpha value is -0.870. The molecule has 0 radical (unpaired) electrons. The van der Waals surface area contributed by atoms with Crippen LogP contribution in [0.15, 0.2) is 28.7 Å². The first kappa shape index (κ1) is 15.5. The Bertz CT molecular complexity index is 425. The summed E-state index contributed by atoms with van der Waals surface area (Å²) >= 11 is 3.39. The van der Waals surface area contributed by atoms with Gasteiger partial charge < -0.3 is 5.32 Å². The summed E-state index contributed by atoms with van der Waals surface area (Å²) in [7, 11) is 2.07. The van der Waals surface area contributed by atoms with Crippen molar-refractivity contribution in [2.75, 3.05) is 18.9 Å². The van der Waals surface area contributed by atoms with Gasteiger partial charge in [0.25, 0.3) is 0 Å². The van der Waals surface area contributed by atoms with Crippen LogP contribution in [0, 0.1) is 0 Å². The molecule has 0 spiro atoms. The molecule has 20 heavy (non-hydrogen) atoms. The molecule has 0 unspecified atom stereocenters. The van der Waals surface area contributed by atoms with E-state index in [9.17, 15) is 4.79 Å². The third-order valence-corrected chi connectivity index (χ3v) is 4.50. The Morgan fingerprint density at radius 2 is 1.80 bits per heavy atom. The highest BCUT2D eigenvalue weighted by molar-refractivity contribution is 9.10. The van der Waals surface area contributed by atoms with Gasteiger partial charge in [0.2, 0.25) is 5.91 Å². The molecule has 0 bridgehead atoms. The standard InChI is InChI=1S/C16H23BrN2O/c1-19(15-6-4-2-3-5-7-15)12-16(20)18-14-10-8-13(17)9-11-14/h8-11,15H,2-7,12H2,1H3,(H,18,20). The number of anilines is 1. The maximum Gasteiger partial charge on any atom is 0.238 e. The molecule has 1 amide bonds. The quantitative estimate of drug-likeness (QED) is 0.840. The predicted molar refractivity (Wildman–Crippen MR) is 86.9 cm³/mol. The number of benzene rings is 1. The largest absolute Gasteiger partial charge is 0.325 e. The molecule has 1 N–H and O–H groups in total. The van der Waals surface area contributed by atoms with Gasteiger partial charge in [0.1, 0.15) is 0 Å². The second-order valence-electron chi connectivity index (χ2n) is 5.62. The molecule has 0 saturated heterocycles. The van der Waals surface area contributed by atoms with Crippen LogP contribution < -0.4 is 5.32 Å². The molecular formula is C16H23BrN2O. The zero-order valence-electron chi connectivity index (χ0n) is 12.1. The summed E-state index contributed by atoms with van der Waals surface area (Å²) in [5, 5.41) is 2.95. The average molecular weight is 339 g/mol. The van der Waals surface area contributed by atoms with Crippen LogP contribution in [0.1, 0.15) is 38.5 Å². The molecule has 1 saturated carbocycles. The summed E-state index contributed by atoms with van der Waals surface area (Å²) in [6.45, 7) is 0.473. The first-order chi connectivity index (χ1) is 9.65. The lowest BCUT2D eigenvalue weighted by atomic mass is 10.1. The number of hydrogen-bond acceptors (Lipinski definition) is 2. The number of rotatable bonds is 4. The van der Waals surface area contributed by atoms with E-state index >= 15 is 0 Å². The summed E-state index contributed by atoms with van der Waals surface area (Å²) in [5.74, 6) is 0.0686. The lowest BCUT2D eigenvalue weighted by Crippen LogP contribution is -2.37. The Morgan fingerprint density at radius 3 is 2.40 bits per heavy atom. The van der Waals surface area contributed by atoms with E-state index in [0.717, 1.165) is 10.2 Å². The van der Waals surface area contributed by atoms with Gasteiger partial charge in [-0.3, -0.25) is 9.69 Å². The Morgan fingerprint density at radius 1 is 1.20 bits per heavy atom. The summed E-state index contributed by atoms with van der Waals surface area (Å²) < 4.78 is 1.02. The van der Waals surface area contributed by atoms with E-state index in [0.29, 0.717) is 12.6 Å². The van der Waals surface area contributed by atoms with Gasteiger partial charge in [-0.2, -0.15) is 0 Å². The Kier molecular flexibility index (Phi) is 6.05. The summed E-state index contributed by atoms with van der Waals surface area (Å²) in [4.78, 5) is 14.3. The third-order valence-electron chi connectivity index (χ3n) is 3.97. The maximum atomic E-state index is 12.1. The van der Waals surface area contributed by atoms with Crippen LogP contribution in [0.4, 0.5) is 5.69 Å². The van der Waals surface area contributed by atoms with Gasteiger partial charge in [-0.25, -0.2) is 0 Å². The average Bonchev–Trinajstić information content (AvgIpc) is 2.70. The SMILES string of the molecule is CN(CC(=O)Nc1ccc(Br)cc1)C1CCCCCC1. The second kappa shape index (κ2) is 7.79. The van der Waals surface area contributed by atoms with E-state index < -0.39 is 0 Å². The van der Waals surface area contributed by atoms with Crippen molar-refractivity contribution in [2.45, 2.75) is 44.6 Å². The number of halogens is 1. The molecule has 110 valence electrons. The van der Waals surface area contributed by atoms with Gasteiger partial charge in [-0.15, -0.1) is 0 Å². The first-order valence-corrected chi connectivity index (χ1v) is 8.20. The minimum Gasteiger partial charge on any atom is -0.325 e. The van der Waals surface area contributed by atoms with Crippen LogP contribution in [0.25, 0.3) is 0 Å². The van der Waals surface area contributed by atoms with Crippen LogP contribution in [0.2, 0.25) is 0 Å². The molecule has 0 aromatic heterocycles. The highest BCUT2D eigenvalue weighted by Crippen LogP contribution is 2.21. The predicted octanol–water partition coefficient (Wildman–Crippen LogP) is 4.04. The molecular weight excluding hydrogens is 316 g/mol. The number of nitrogens with zero attached hydrogens (tertiary/aromatic N) is 1. The molecule has 2 rings (SSSR count). The maximum absolute atomic E-state index is 12.1. The molecule has 0 heterocycles. The van der Waals surface area contributed by atoms with Crippen LogP contribution >= 0.6 is 15.9 Å². The number of amides is 1. The molecule has 1 aromatic carbocycles. The molecule has 3 nitrogen and oxygen atoms in total.